The molecular weight excluding hydrogens is 314 g/mol. The number of carbonyl (C=O) groups is 2. The number of nitrogens with one attached hydrogen (secondary N) is 2. The van der Waals surface area contributed by atoms with Crippen LogP contribution in [-0.4, -0.2) is 25.9 Å². The second kappa shape index (κ2) is 7.65. The third-order valence-electron chi connectivity index (χ3n) is 3.24. The highest BCUT2D eigenvalue weighted by molar-refractivity contribution is 6.30. The molecule has 5 nitrogen and oxygen atoms in total. The van der Waals surface area contributed by atoms with Crippen molar-refractivity contribution in [3.8, 4) is 0 Å². The van der Waals surface area contributed by atoms with E-state index in [1.165, 1.54) is 0 Å². The zero-order chi connectivity index (χ0) is 16.8. The molecule has 6 heteroatoms. The average molecular weight is 332 g/mol. The number of hydrogen-bond donors (Lipinski definition) is 2. The van der Waals surface area contributed by atoms with Gasteiger partial charge in [-0.25, -0.2) is 0 Å². The van der Waals surface area contributed by atoms with Gasteiger partial charge in [0.1, 0.15) is 0 Å². The van der Waals surface area contributed by atoms with Gasteiger partial charge in [-0.2, -0.15) is 0 Å². The number of halogens is 1. The zero-order valence-electron chi connectivity index (χ0n) is 13.0. The third-order valence-corrected chi connectivity index (χ3v) is 3.49. The molecule has 0 atom stereocenters. The summed E-state index contributed by atoms with van der Waals surface area (Å²) >= 11 is 5.79. The van der Waals surface area contributed by atoms with Crippen molar-refractivity contribution in [2.75, 3.05) is 19.0 Å². The summed E-state index contributed by atoms with van der Waals surface area (Å²) in [5.74, 6) is -0.662. The Balaban J connectivity index is 1.85. The normalized spacial score (nSPS) is 10.0. The molecule has 2 N–H and O–H groups in total. The monoisotopic (exact) mass is 331 g/mol. The Morgan fingerprint density at radius 1 is 0.957 bits per heavy atom. The fraction of sp³-hybridized carbons (Fsp3) is 0.176. The molecule has 0 spiro atoms. The first-order valence-electron chi connectivity index (χ1n) is 7.07. The summed E-state index contributed by atoms with van der Waals surface area (Å²) in [5.41, 5.74) is 7.08. The van der Waals surface area contributed by atoms with E-state index in [1.807, 2.05) is 31.1 Å². The lowest BCUT2D eigenvalue weighted by Gasteiger charge is -2.13. The van der Waals surface area contributed by atoms with Crippen LogP contribution in [0.4, 0.5) is 5.69 Å². The van der Waals surface area contributed by atoms with Crippen LogP contribution in [0, 0.1) is 0 Å². The van der Waals surface area contributed by atoms with Gasteiger partial charge in [-0.1, -0.05) is 23.7 Å². The van der Waals surface area contributed by atoms with Crippen LogP contribution < -0.4 is 15.8 Å². The molecular formula is C17H18ClN3O2. The van der Waals surface area contributed by atoms with Gasteiger partial charge < -0.3 is 4.90 Å². The molecule has 0 bridgehead atoms. The molecule has 0 saturated heterocycles. The minimum Gasteiger partial charge on any atom is -0.378 e. The van der Waals surface area contributed by atoms with Crippen molar-refractivity contribution in [2.24, 2.45) is 0 Å². The molecule has 2 aromatic rings. The molecule has 2 amide bonds. The van der Waals surface area contributed by atoms with Crippen molar-refractivity contribution in [3.63, 3.8) is 0 Å². The summed E-state index contributed by atoms with van der Waals surface area (Å²) in [7, 11) is 3.85. The predicted molar refractivity (Wildman–Crippen MR) is 91.5 cm³/mol. The molecule has 0 aliphatic carbocycles. The van der Waals surface area contributed by atoms with Gasteiger partial charge in [0.05, 0.1) is 6.42 Å². The second-order valence-corrected chi connectivity index (χ2v) is 5.68. The number of amides is 2. The molecule has 0 unspecified atom stereocenters. The van der Waals surface area contributed by atoms with Gasteiger partial charge in [-0.05, 0) is 42.0 Å². The maximum atomic E-state index is 12.0. The highest BCUT2D eigenvalue weighted by Crippen LogP contribution is 2.12. The summed E-state index contributed by atoms with van der Waals surface area (Å²) in [4.78, 5) is 25.7. The number of nitrogens with zero attached hydrogens (tertiary/aromatic N) is 1. The van der Waals surface area contributed by atoms with Crippen molar-refractivity contribution >= 4 is 29.1 Å². The van der Waals surface area contributed by atoms with Crippen LogP contribution in [0.15, 0.2) is 48.5 Å². The summed E-state index contributed by atoms with van der Waals surface area (Å²) in [6.07, 6.45) is 0.164. The molecule has 0 fully saturated rings. The fourth-order valence-electron chi connectivity index (χ4n) is 1.94. The van der Waals surface area contributed by atoms with Crippen LogP contribution in [0.1, 0.15) is 15.9 Å². The standard InChI is InChI=1S/C17H18ClN3O2/c1-21(2)15-9-5-13(6-10-15)17(23)20-19-16(22)11-12-3-7-14(18)8-4-12/h3-10H,11H2,1-2H3,(H,19,22)(H,20,23). The minimum atomic E-state index is -0.361. The lowest BCUT2D eigenvalue weighted by Crippen LogP contribution is -2.42. The maximum absolute atomic E-state index is 12.0. The Hall–Kier alpha value is -2.53. The van der Waals surface area contributed by atoms with Crippen molar-refractivity contribution in [1.29, 1.82) is 0 Å². The Labute approximate surface area is 140 Å². The fourth-order valence-corrected chi connectivity index (χ4v) is 2.07. The summed E-state index contributed by atoms with van der Waals surface area (Å²) in [5, 5.41) is 0.614. The molecule has 0 radical (unpaired) electrons. The predicted octanol–water partition coefficient (Wildman–Crippen LogP) is 2.41. The number of anilines is 1. The van der Waals surface area contributed by atoms with Gasteiger partial charge in [0.25, 0.3) is 5.91 Å². The van der Waals surface area contributed by atoms with Crippen LogP contribution in [0.25, 0.3) is 0 Å². The lowest BCUT2D eigenvalue weighted by atomic mass is 10.1. The minimum absolute atomic E-state index is 0.164. The first kappa shape index (κ1) is 16.8. The summed E-state index contributed by atoms with van der Waals surface area (Å²) in [6, 6.07) is 14.1. The van der Waals surface area contributed by atoms with Gasteiger partial charge >= 0.3 is 0 Å². The topological polar surface area (TPSA) is 61.4 Å². The Bertz CT molecular complexity index is 682. The smallest absolute Gasteiger partial charge is 0.269 e. The molecule has 2 rings (SSSR count). The van der Waals surface area contributed by atoms with E-state index >= 15 is 0 Å². The number of rotatable bonds is 4. The van der Waals surface area contributed by atoms with Gasteiger partial charge in [0.2, 0.25) is 5.91 Å². The molecule has 0 saturated carbocycles. The lowest BCUT2D eigenvalue weighted by molar-refractivity contribution is -0.121. The number of carbonyl (C=O) groups excluding carboxylic acids is 2. The molecule has 0 aliphatic rings. The molecule has 0 aromatic heterocycles. The van der Waals surface area contributed by atoms with Crippen LogP contribution in [0.3, 0.4) is 0 Å². The van der Waals surface area contributed by atoms with Crippen molar-refractivity contribution in [1.82, 2.24) is 10.9 Å². The maximum Gasteiger partial charge on any atom is 0.269 e. The third kappa shape index (κ3) is 5.00. The van der Waals surface area contributed by atoms with Crippen molar-refractivity contribution in [3.05, 3.63) is 64.7 Å². The van der Waals surface area contributed by atoms with Crippen LogP contribution in [0.5, 0.6) is 0 Å². The SMILES string of the molecule is CN(C)c1ccc(C(=O)NNC(=O)Cc2ccc(Cl)cc2)cc1. The van der Waals surface area contributed by atoms with Gasteiger partial charge in [0, 0.05) is 30.4 Å². The van der Waals surface area contributed by atoms with Crippen molar-refractivity contribution in [2.45, 2.75) is 6.42 Å². The van der Waals surface area contributed by atoms with Gasteiger partial charge in [-0.15, -0.1) is 0 Å². The first-order valence-corrected chi connectivity index (χ1v) is 7.44. The molecule has 0 heterocycles. The van der Waals surface area contributed by atoms with Gasteiger partial charge in [-0.3, -0.25) is 20.4 Å². The number of hydrazine groups is 1. The number of hydrogen-bond acceptors (Lipinski definition) is 3. The quantitative estimate of drug-likeness (QED) is 0.846. The van der Waals surface area contributed by atoms with E-state index in [0.29, 0.717) is 10.6 Å². The van der Waals surface area contributed by atoms with Crippen molar-refractivity contribution < 1.29 is 9.59 Å². The highest BCUT2D eigenvalue weighted by atomic mass is 35.5. The van der Waals surface area contributed by atoms with Gasteiger partial charge in [0.15, 0.2) is 0 Å². The summed E-state index contributed by atoms with van der Waals surface area (Å²) < 4.78 is 0. The molecule has 2 aromatic carbocycles. The van der Waals surface area contributed by atoms with Crippen LogP contribution in [0.2, 0.25) is 5.02 Å². The molecule has 0 aliphatic heterocycles. The van der Waals surface area contributed by atoms with E-state index in [-0.39, 0.29) is 18.2 Å². The van der Waals surface area contributed by atoms with E-state index in [0.717, 1.165) is 11.3 Å². The van der Waals surface area contributed by atoms with E-state index < -0.39 is 0 Å². The van der Waals surface area contributed by atoms with Crippen LogP contribution in [-0.2, 0) is 11.2 Å². The number of benzene rings is 2. The Morgan fingerprint density at radius 3 is 2.13 bits per heavy atom. The second-order valence-electron chi connectivity index (χ2n) is 5.25. The van der Waals surface area contributed by atoms with E-state index in [4.69, 9.17) is 11.6 Å². The van der Waals surface area contributed by atoms with E-state index in [1.54, 1.807) is 36.4 Å². The summed E-state index contributed by atoms with van der Waals surface area (Å²) in [6.45, 7) is 0. The highest BCUT2D eigenvalue weighted by Gasteiger charge is 2.08. The average Bonchev–Trinajstić information content (AvgIpc) is 2.55. The zero-order valence-corrected chi connectivity index (χ0v) is 13.7. The largest absolute Gasteiger partial charge is 0.378 e. The molecule has 23 heavy (non-hydrogen) atoms. The Kier molecular flexibility index (Phi) is 5.60. The Morgan fingerprint density at radius 2 is 1.57 bits per heavy atom. The van der Waals surface area contributed by atoms with E-state index in [9.17, 15) is 9.59 Å². The van der Waals surface area contributed by atoms with E-state index in [2.05, 4.69) is 10.9 Å². The molecule has 120 valence electrons. The van der Waals surface area contributed by atoms with Crippen LogP contribution >= 0.6 is 11.6 Å². The first-order chi connectivity index (χ1) is 11.0.